The van der Waals surface area contributed by atoms with Crippen LogP contribution in [0.3, 0.4) is 0 Å². The Kier molecular flexibility index (Phi) is 4.04. The summed E-state index contributed by atoms with van der Waals surface area (Å²) in [6, 6.07) is 0. The molecule has 0 aromatic carbocycles. The minimum absolute atomic E-state index is 0.538. The first kappa shape index (κ1) is 5.02. The molecule has 0 saturated heterocycles. The van der Waals surface area contributed by atoms with E-state index < -0.39 is 0 Å². The Balaban J connectivity index is 2.40. The van der Waals surface area contributed by atoms with Crippen molar-refractivity contribution in [3.63, 3.8) is 0 Å². The van der Waals surface area contributed by atoms with Crippen LogP contribution in [0.15, 0.2) is 12.8 Å². The van der Waals surface area contributed by atoms with Crippen molar-refractivity contribution in [1.82, 2.24) is 0 Å². The summed E-state index contributed by atoms with van der Waals surface area (Å²) in [5.41, 5.74) is 0.538. The fourth-order valence-electron chi connectivity index (χ4n) is 0.0445. The van der Waals surface area contributed by atoms with Gasteiger partial charge in [0, 0.05) is 0 Å². The van der Waals surface area contributed by atoms with E-state index in [1.807, 2.05) is 0 Å². The van der Waals surface area contributed by atoms with Gasteiger partial charge >= 0.3 is 0 Å². The van der Waals surface area contributed by atoms with Crippen molar-refractivity contribution in [3.8, 4) is 0 Å². The molecule has 1 nitrogen and oxygen atoms in total. The van der Waals surface area contributed by atoms with E-state index in [4.69, 9.17) is 0 Å². The average Bonchev–Trinajstić information content (AvgIpc) is 1.41. The summed E-state index contributed by atoms with van der Waals surface area (Å²) in [6.45, 7) is 3.30. The van der Waals surface area contributed by atoms with Gasteiger partial charge in [-0.3, -0.25) is 0 Å². The number of alkyl halides is 1. The van der Waals surface area contributed by atoms with Gasteiger partial charge in [-0.15, -0.1) is 0 Å². The summed E-state index contributed by atoms with van der Waals surface area (Å²) < 4.78 is 4.51. The molecule has 5 heavy (non-hydrogen) atoms. The van der Waals surface area contributed by atoms with Gasteiger partial charge in [0.05, 0.1) is 6.26 Å². The zero-order chi connectivity index (χ0) is 4.12. The highest BCUT2D eigenvalue weighted by molar-refractivity contribution is 9.09. The zero-order valence-corrected chi connectivity index (χ0v) is 4.36. The second-order valence-corrected chi connectivity index (χ2v) is 0.900. The van der Waals surface area contributed by atoms with Crippen LogP contribution >= 0.6 is 15.9 Å². The van der Waals surface area contributed by atoms with E-state index in [1.54, 1.807) is 0 Å². The molecular formula is C3H5BrO. The van der Waals surface area contributed by atoms with Gasteiger partial charge in [0.2, 0.25) is 0 Å². The van der Waals surface area contributed by atoms with Crippen molar-refractivity contribution in [2.45, 2.75) is 0 Å². The van der Waals surface area contributed by atoms with Gasteiger partial charge < -0.3 is 4.74 Å². The molecule has 0 aromatic rings. The van der Waals surface area contributed by atoms with Crippen LogP contribution in [0.2, 0.25) is 0 Å². The fraction of sp³-hybridized carbons (Fsp3) is 0.333. The molecule has 0 aliphatic rings. The van der Waals surface area contributed by atoms with E-state index in [1.165, 1.54) is 6.26 Å². The summed E-state index contributed by atoms with van der Waals surface area (Å²) >= 11 is 3.02. The molecule has 0 N–H and O–H groups in total. The molecule has 0 unspecified atom stereocenters. The Hall–Kier alpha value is 0.0200. The SMILES string of the molecule is C=COCBr. The summed E-state index contributed by atoms with van der Waals surface area (Å²) in [4.78, 5) is 0. The van der Waals surface area contributed by atoms with Crippen molar-refractivity contribution in [1.29, 1.82) is 0 Å². The van der Waals surface area contributed by atoms with Crippen LogP contribution in [-0.2, 0) is 4.74 Å². The lowest BCUT2D eigenvalue weighted by atomic mass is 11.2. The minimum Gasteiger partial charge on any atom is -0.491 e. The first-order valence-corrected chi connectivity index (χ1v) is 2.32. The number of ether oxygens (including phenoxy) is 1. The van der Waals surface area contributed by atoms with Gasteiger partial charge in [-0.2, -0.15) is 0 Å². The Bertz CT molecular complexity index is 28.1. The zero-order valence-electron chi connectivity index (χ0n) is 2.78. The highest BCUT2D eigenvalue weighted by Crippen LogP contribution is 1.78. The van der Waals surface area contributed by atoms with E-state index in [9.17, 15) is 0 Å². The first-order valence-electron chi connectivity index (χ1n) is 1.20. The molecule has 0 atom stereocenters. The van der Waals surface area contributed by atoms with Crippen molar-refractivity contribution in [3.05, 3.63) is 12.8 Å². The second kappa shape index (κ2) is 4.02. The third kappa shape index (κ3) is 4.02. The molecule has 0 heterocycles. The predicted molar refractivity (Wildman–Crippen MR) is 25.1 cm³/mol. The maximum Gasteiger partial charge on any atom is 0.142 e. The molecular weight excluding hydrogens is 132 g/mol. The van der Waals surface area contributed by atoms with Crippen LogP contribution in [0.5, 0.6) is 0 Å². The van der Waals surface area contributed by atoms with Crippen LogP contribution in [0.4, 0.5) is 0 Å². The summed E-state index contributed by atoms with van der Waals surface area (Å²) in [5.74, 6) is 0. The van der Waals surface area contributed by atoms with Crippen LogP contribution < -0.4 is 0 Å². The lowest BCUT2D eigenvalue weighted by molar-refractivity contribution is 0.323. The average molecular weight is 137 g/mol. The summed E-state index contributed by atoms with van der Waals surface area (Å²) in [7, 11) is 0. The van der Waals surface area contributed by atoms with Crippen LogP contribution in [-0.4, -0.2) is 5.52 Å². The molecule has 0 aliphatic heterocycles. The van der Waals surface area contributed by atoms with Crippen molar-refractivity contribution >= 4 is 15.9 Å². The molecule has 0 amide bonds. The Morgan fingerprint density at radius 3 is 2.60 bits per heavy atom. The highest BCUT2D eigenvalue weighted by atomic mass is 79.9. The van der Waals surface area contributed by atoms with Crippen molar-refractivity contribution in [2.24, 2.45) is 0 Å². The van der Waals surface area contributed by atoms with E-state index >= 15 is 0 Å². The summed E-state index contributed by atoms with van der Waals surface area (Å²) in [5, 5.41) is 0. The Morgan fingerprint density at radius 2 is 2.60 bits per heavy atom. The molecule has 0 radical (unpaired) electrons. The highest BCUT2D eigenvalue weighted by Gasteiger charge is 1.58. The minimum atomic E-state index is 0.538. The topological polar surface area (TPSA) is 9.23 Å². The molecule has 0 aromatic heterocycles. The largest absolute Gasteiger partial charge is 0.491 e. The second-order valence-electron chi connectivity index (χ2n) is 0.442. The number of hydrogen-bond acceptors (Lipinski definition) is 1. The standard InChI is InChI=1S/C3H5BrO/c1-2-5-3-4/h2H,1,3H2. The van der Waals surface area contributed by atoms with E-state index in [0.717, 1.165) is 0 Å². The first-order chi connectivity index (χ1) is 2.41. The van der Waals surface area contributed by atoms with Gasteiger partial charge in [0.25, 0.3) is 0 Å². The lowest BCUT2D eigenvalue weighted by Crippen LogP contribution is -1.66. The maximum atomic E-state index is 4.51. The van der Waals surface area contributed by atoms with Gasteiger partial charge in [0.15, 0.2) is 0 Å². The van der Waals surface area contributed by atoms with E-state index in [2.05, 4.69) is 27.2 Å². The summed E-state index contributed by atoms with van der Waals surface area (Å²) in [6.07, 6.45) is 1.38. The maximum absolute atomic E-state index is 4.51. The fourth-order valence-corrected chi connectivity index (χ4v) is 0.231. The molecule has 0 saturated carbocycles. The van der Waals surface area contributed by atoms with Gasteiger partial charge in [0.1, 0.15) is 5.52 Å². The van der Waals surface area contributed by atoms with Gasteiger partial charge in [-0.05, 0) is 15.9 Å². The molecule has 0 spiro atoms. The molecule has 0 aliphatic carbocycles. The number of halogens is 1. The van der Waals surface area contributed by atoms with Crippen molar-refractivity contribution in [2.75, 3.05) is 5.52 Å². The van der Waals surface area contributed by atoms with Crippen LogP contribution in [0.25, 0.3) is 0 Å². The molecule has 2 heteroatoms. The van der Waals surface area contributed by atoms with Gasteiger partial charge in [-0.1, -0.05) is 6.58 Å². The Morgan fingerprint density at radius 1 is 2.00 bits per heavy atom. The number of hydrogen-bond donors (Lipinski definition) is 0. The quantitative estimate of drug-likeness (QED) is 0.413. The Labute approximate surface area is 39.8 Å². The van der Waals surface area contributed by atoms with E-state index in [0.29, 0.717) is 5.52 Å². The monoisotopic (exact) mass is 136 g/mol. The number of rotatable bonds is 2. The third-order valence-corrected chi connectivity index (χ3v) is 0.445. The molecule has 0 bridgehead atoms. The van der Waals surface area contributed by atoms with Gasteiger partial charge in [-0.25, -0.2) is 0 Å². The molecule has 0 rings (SSSR count). The molecule has 0 fully saturated rings. The third-order valence-electron chi connectivity index (χ3n) is 0.181. The smallest absolute Gasteiger partial charge is 0.142 e. The normalized spacial score (nSPS) is 6.60. The molecule has 30 valence electrons. The van der Waals surface area contributed by atoms with E-state index in [-0.39, 0.29) is 0 Å². The van der Waals surface area contributed by atoms with Crippen LogP contribution in [0.1, 0.15) is 0 Å². The lowest BCUT2D eigenvalue weighted by Gasteiger charge is -1.82. The predicted octanol–water partition coefficient (Wildman–Crippen LogP) is 1.50. The van der Waals surface area contributed by atoms with Crippen LogP contribution in [0, 0.1) is 0 Å². The van der Waals surface area contributed by atoms with Crippen molar-refractivity contribution < 1.29 is 4.74 Å².